The van der Waals surface area contributed by atoms with E-state index in [2.05, 4.69) is 37.4 Å². The Balaban J connectivity index is 2.07. The Bertz CT molecular complexity index is 779. The predicted octanol–water partition coefficient (Wildman–Crippen LogP) is 4.45. The topological polar surface area (TPSA) is 29.1 Å². The molecule has 0 saturated heterocycles. The molecule has 1 aliphatic rings. The van der Waals surface area contributed by atoms with Crippen molar-refractivity contribution in [1.82, 2.24) is 5.32 Å². The maximum Gasteiger partial charge on any atom is 0.188 e. The quantitative estimate of drug-likeness (QED) is 0.656. The number of nitrogens with one attached hydrogen (secondary N) is 1. The van der Waals surface area contributed by atoms with Crippen LogP contribution in [0.2, 0.25) is 0 Å². The van der Waals surface area contributed by atoms with Gasteiger partial charge in [-0.05, 0) is 50.8 Å². The van der Waals surface area contributed by atoms with Crippen LogP contribution in [0.4, 0.5) is 0 Å². The molecule has 2 heteroatoms. The molecule has 0 aliphatic carbocycles. The van der Waals surface area contributed by atoms with Crippen molar-refractivity contribution in [2.75, 3.05) is 0 Å². The molecule has 2 nitrogen and oxygen atoms in total. The highest BCUT2D eigenvalue weighted by Gasteiger charge is 2.27. The van der Waals surface area contributed by atoms with Crippen LogP contribution in [0, 0.1) is 13.8 Å². The van der Waals surface area contributed by atoms with Gasteiger partial charge < -0.3 is 5.32 Å². The average Bonchev–Trinajstić information content (AvgIpc) is 2.45. The summed E-state index contributed by atoms with van der Waals surface area (Å²) in [5.74, 6) is 0.0654. The molecule has 118 valence electrons. The summed E-state index contributed by atoms with van der Waals surface area (Å²) in [6.07, 6.45) is 2.72. The Morgan fingerprint density at radius 3 is 2.39 bits per heavy atom. The third-order valence-electron chi connectivity index (χ3n) is 4.42. The molecule has 0 saturated carbocycles. The van der Waals surface area contributed by atoms with E-state index in [4.69, 9.17) is 0 Å². The van der Waals surface area contributed by atoms with E-state index in [-0.39, 0.29) is 11.3 Å². The summed E-state index contributed by atoms with van der Waals surface area (Å²) in [4.78, 5) is 12.9. The smallest absolute Gasteiger partial charge is 0.188 e. The number of benzene rings is 2. The zero-order valence-electron chi connectivity index (χ0n) is 14.2. The molecule has 2 aromatic carbocycles. The second-order valence-electron chi connectivity index (χ2n) is 7.03. The minimum atomic E-state index is -0.0543. The Hall–Kier alpha value is -2.35. The van der Waals surface area contributed by atoms with Gasteiger partial charge in [-0.2, -0.15) is 0 Å². The minimum absolute atomic E-state index is 0.0543. The van der Waals surface area contributed by atoms with E-state index < -0.39 is 0 Å². The first kappa shape index (κ1) is 15.5. The first-order valence-electron chi connectivity index (χ1n) is 8.06. The molecule has 1 N–H and O–H groups in total. The third-order valence-corrected chi connectivity index (χ3v) is 4.42. The second-order valence-corrected chi connectivity index (χ2v) is 7.03. The van der Waals surface area contributed by atoms with E-state index in [1.807, 2.05) is 38.1 Å². The fraction of sp³-hybridized carbons (Fsp3) is 0.286. The molecule has 0 radical (unpaired) electrons. The highest BCUT2D eigenvalue weighted by atomic mass is 16.1. The van der Waals surface area contributed by atoms with Crippen molar-refractivity contribution in [3.63, 3.8) is 0 Å². The van der Waals surface area contributed by atoms with Crippen molar-refractivity contribution in [2.45, 2.75) is 39.7 Å². The molecule has 23 heavy (non-hydrogen) atoms. The number of carbonyl (C=O) groups is 1. The van der Waals surface area contributed by atoms with Crippen molar-refractivity contribution in [1.29, 1.82) is 0 Å². The lowest BCUT2D eigenvalue weighted by atomic mass is 9.85. The van der Waals surface area contributed by atoms with E-state index in [1.54, 1.807) is 6.08 Å². The Morgan fingerprint density at radius 1 is 1.04 bits per heavy atom. The van der Waals surface area contributed by atoms with E-state index in [0.717, 1.165) is 34.4 Å². The molecule has 1 aliphatic heterocycles. The number of fused-ring (bicyclic) bond motifs is 1. The highest BCUT2D eigenvalue weighted by Crippen LogP contribution is 2.30. The fourth-order valence-electron chi connectivity index (χ4n) is 3.41. The summed E-state index contributed by atoms with van der Waals surface area (Å²) in [6, 6.07) is 14.3. The van der Waals surface area contributed by atoms with Gasteiger partial charge in [0.1, 0.15) is 0 Å². The summed E-state index contributed by atoms with van der Waals surface area (Å²) in [5, 5.41) is 3.53. The van der Waals surface area contributed by atoms with E-state index in [0.29, 0.717) is 0 Å². The number of hydrogen-bond donors (Lipinski definition) is 1. The summed E-state index contributed by atoms with van der Waals surface area (Å²) in [7, 11) is 0. The minimum Gasteiger partial charge on any atom is -0.379 e. The van der Waals surface area contributed by atoms with Gasteiger partial charge in [-0.15, -0.1) is 0 Å². The van der Waals surface area contributed by atoms with E-state index in [1.165, 1.54) is 5.56 Å². The first-order valence-corrected chi connectivity index (χ1v) is 8.06. The maximum atomic E-state index is 12.9. The largest absolute Gasteiger partial charge is 0.379 e. The fourth-order valence-corrected chi connectivity index (χ4v) is 3.41. The lowest BCUT2D eigenvalue weighted by Crippen LogP contribution is -2.43. The molecule has 1 heterocycles. The number of allylic oxidation sites excluding steroid dienone is 1. The van der Waals surface area contributed by atoms with Gasteiger partial charge in [0.05, 0.1) is 0 Å². The van der Waals surface area contributed by atoms with E-state index in [9.17, 15) is 4.79 Å². The van der Waals surface area contributed by atoms with Crippen LogP contribution in [0.3, 0.4) is 0 Å². The summed E-state index contributed by atoms with van der Waals surface area (Å²) >= 11 is 0. The van der Waals surface area contributed by atoms with Crippen LogP contribution < -0.4 is 5.32 Å². The maximum absolute atomic E-state index is 12.9. The molecule has 0 bridgehead atoms. The van der Waals surface area contributed by atoms with Crippen molar-refractivity contribution < 1.29 is 4.79 Å². The average molecular weight is 305 g/mol. The second kappa shape index (κ2) is 5.69. The standard InChI is InChI=1S/C21H23NO/c1-14-8-7-9-15(2)20(14)19(23)12-18-17-11-6-5-10-16(17)13-21(3,4)22-18/h5-12,22H,13H2,1-4H3/b18-12-. The molecular weight excluding hydrogens is 282 g/mol. The highest BCUT2D eigenvalue weighted by molar-refractivity contribution is 6.10. The normalized spacial score (nSPS) is 17.5. The van der Waals surface area contributed by atoms with Gasteiger partial charge in [0.25, 0.3) is 0 Å². The SMILES string of the molecule is Cc1cccc(C)c1C(=O)/C=C1\NC(C)(C)Cc2ccccc21. The van der Waals surface area contributed by atoms with Gasteiger partial charge in [-0.3, -0.25) is 4.79 Å². The third kappa shape index (κ3) is 3.07. The zero-order valence-corrected chi connectivity index (χ0v) is 14.2. The van der Waals surface area contributed by atoms with Crippen LogP contribution >= 0.6 is 0 Å². The molecule has 0 spiro atoms. The lowest BCUT2D eigenvalue weighted by molar-refractivity contribution is 0.104. The Labute approximate surface area is 138 Å². The van der Waals surface area contributed by atoms with Gasteiger partial charge in [0.15, 0.2) is 5.78 Å². The van der Waals surface area contributed by atoms with Crippen LogP contribution in [0.15, 0.2) is 48.5 Å². The monoisotopic (exact) mass is 305 g/mol. The van der Waals surface area contributed by atoms with Crippen molar-refractivity contribution >= 4 is 11.5 Å². The van der Waals surface area contributed by atoms with Crippen LogP contribution in [0.1, 0.15) is 46.5 Å². The molecular formula is C21H23NO. The summed E-state index contributed by atoms with van der Waals surface area (Å²) in [6.45, 7) is 8.32. The molecule has 0 unspecified atom stereocenters. The number of rotatable bonds is 2. The number of hydrogen-bond acceptors (Lipinski definition) is 2. The van der Waals surface area contributed by atoms with Crippen LogP contribution in [-0.2, 0) is 6.42 Å². The van der Waals surface area contributed by atoms with Crippen LogP contribution in [-0.4, -0.2) is 11.3 Å². The van der Waals surface area contributed by atoms with Crippen LogP contribution in [0.5, 0.6) is 0 Å². The van der Waals surface area contributed by atoms with Crippen LogP contribution in [0.25, 0.3) is 5.70 Å². The Kier molecular flexibility index (Phi) is 3.85. The molecule has 2 aromatic rings. The molecule has 0 fully saturated rings. The molecule has 0 amide bonds. The molecule has 0 aromatic heterocycles. The molecule has 0 atom stereocenters. The zero-order chi connectivity index (χ0) is 16.6. The van der Waals surface area contributed by atoms with Gasteiger partial charge in [-0.25, -0.2) is 0 Å². The Morgan fingerprint density at radius 2 is 1.70 bits per heavy atom. The van der Waals surface area contributed by atoms with Crippen molar-refractivity contribution in [3.05, 3.63) is 76.4 Å². The van der Waals surface area contributed by atoms with Gasteiger partial charge in [0.2, 0.25) is 0 Å². The number of ketones is 1. The van der Waals surface area contributed by atoms with Gasteiger partial charge in [-0.1, -0.05) is 42.5 Å². The van der Waals surface area contributed by atoms with E-state index >= 15 is 0 Å². The first-order chi connectivity index (χ1) is 10.9. The summed E-state index contributed by atoms with van der Waals surface area (Å²) in [5.41, 5.74) is 6.14. The van der Waals surface area contributed by atoms with Crippen molar-refractivity contribution in [3.8, 4) is 0 Å². The number of carbonyl (C=O) groups excluding carboxylic acids is 1. The van der Waals surface area contributed by atoms with Gasteiger partial charge >= 0.3 is 0 Å². The molecule has 3 rings (SSSR count). The van der Waals surface area contributed by atoms with Crippen molar-refractivity contribution in [2.24, 2.45) is 0 Å². The van der Waals surface area contributed by atoms with Gasteiger partial charge in [0, 0.05) is 28.4 Å². The number of aryl methyl sites for hydroxylation is 2. The summed E-state index contributed by atoms with van der Waals surface area (Å²) < 4.78 is 0. The lowest BCUT2D eigenvalue weighted by Gasteiger charge is -2.35. The predicted molar refractivity (Wildman–Crippen MR) is 95.6 cm³/mol.